The molecule has 0 aliphatic heterocycles. The normalized spacial score (nSPS) is 15.4. The largest absolute Gasteiger partial charge is 0.493 e. The molecule has 21 heavy (non-hydrogen) atoms. The standard InChI is InChI=1S/C16H14O5/c1-4-21-11-7-10-8-5-13(20-3)16(18)14(11)9(8)6-12(19-2)15(10)17/h5-7H,4H2,1-3H3. The number of benzene rings is 1. The molecule has 0 unspecified atom stereocenters. The van der Waals surface area contributed by atoms with Crippen molar-refractivity contribution in [3.05, 3.63) is 39.8 Å². The number of rotatable bonds is 4. The van der Waals surface area contributed by atoms with Crippen molar-refractivity contribution in [3.8, 4) is 5.75 Å². The molecule has 0 amide bonds. The fraction of sp³-hybridized carbons (Fsp3) is 0.250. The molecule has 2 aliphatic rings. The first-order chi connectivity index (χ1) is 10.1. The van der Waals surface area contributed by atoms with Crippen LogP contribution < -0.4 is 4.74 Å². The number of methoxy groups -OCH3 is 2. The highest BCUT2D eigenvalue weighted by atomic mass is 16.5. The smallest absolute Gasteiger partial charge is 0.231 e. The topological polar surface area (TPSA) is 61.8 Å². The maximum absolute atomic E-state index is 12.5. The molecular weight excluding hydrogens is 272 g/mol. The predicted molar refractivity (Wildman–Crippen MR) is 76.2 cm³/mol. The Morgan fingerprint density at radius 3 is 2.19 bits per heavy atom. The van der Waals surface area contributed by atoms with Crippen molar-refractivity contribution in [2.45, 2.75) is 6.92 Å². The number of carbonyl (C=O) groups is 2. The van der Waals surface area contributed by atoms with Crippen LogP contribution >= 0.6 is 0 Å². The first-order valence-corrected chi connectivity index (χ1v) is 6.56. The summed E-state index contributed by atoms with van der Waals surface area (Å²) in [6, 6.07) is 1.60. The Labute approximate surface area is 121 Å². The van der Waals surface area contributed by atoms with Crippen LogP contribution in [0, 0.1) is 0 Å². The molecule has 0 spiro atoms. The molecular formula is C16H14O5. The minimum atomic E-state index is -0.254. The first kappa shape index (κ1) is 13.4. The summed E-state index contributed by atoms with van der Waals surface area (Å²) in [5, 5.41) is 0. The molecule has 1 aromatic rings. The van der Waals surface area contributed by atoms with E-state index in [4.69, 9.17) is 14.2 Å². The van der Waals surface area contributed by atoms with Gasteiger partial charge in [-0.2, -0.15) is 0 Å². The average molecular weight is 286 g/mol. The van der Waals surface area contributed by atoms with E-state index in [1.807, 2.05) is 6.92 Å². The van der Waals surface area contributed by atoms with Gasteiger partial charge in [-0.05, 0) is 30.7 Å². The van der Waals surface area contributed by atoms with Crippen LogP contribution in [0.5, 0.6) is 5.75 Å². The van der Waals surface area contributed by atoms with Gasteiger partial charge in [0.2, 0.25) is 11.6 Å². The van der Waals surface area contributed by atoms with Crippen LogP contribution in [0.3, 0.4) is 0 Å². The zero-order valence-corrected chi connectivity index (χ0v) is 12.0. The zero-order valence-electron chi connectivity index (χ0n) is 12.0. The van der Waals surface area contributed by atoms with Gasteiger partial charge in [0, 0.05) is 11.1 Å². The van der Waals surface area contributed by atoms with Crippen LogP contribution in [0.25, 0.3) is 12.2 Å². The molecule has 4 bridgehead atoms. The fourth-order valence-corrected chi connectivity index (χ4v) is 2.64. The van der Waals surface area contributed by atoms with E-state index in [1.54, 1.807) is 18.2 Å². The Morgan fingerprint density at radius 2 is 1.57 bits per heavy atom. The van der Waals surface area contributed by atoms with Crippen LogP contribution in [0.2, 0.25) is 0 Å². The van der Waals surface area contributed by atoms with E-state index in [0.29, 0.717) is 34.6 Å². The van der Waals surface area contributed by atoms with Crippen LogP contribution in [-0.2, 0) is 9.47 Å². The highest BCUT2D eigenvalue weighted by molar-refractivity contribution is 6.24. The van der Waals surface area contributed by atoms with Crippen LogP contribution in [0.15, 0.2) is 17.6 Å². The summed E-state index contributed by atoms with van der Waals surface area (Å²) in [4.78, 5) is 24.8. The molecule has 2 aliphatic carbocycles. The minimum Gasteiger partial charge on any atom is -0.493 e. The molecule has 0 saturated heterocycles. The molecule has 0 N–H and O–H groups in total. The van der Waals surface area contributed by atoms with Crippen molar-refractivity contribution in [2.24, 2.45) is 0 Å². The van der Waals surface area contributed by atoms with E-state index < -0.39 is 0 Å². The summed E-state index contributed by atoms with van der Waals surface area (Å²) >= 11 is 0. The van der Waals surface area contributed by atoms with Crippen molar-refractivity contribution in [3.63, 3.8) is 0 Å². The number of allylic oxidation sites excluding steroid dienone is 2. The summed E-state index contributed by atoms with van der Waals surface area (Å²) in [6.45, 7) is 2.23. The summed E-state index contributed by atoms with van der Waals surface area (Å²) in [7, 11) is 2.86. The van der Waals surface area contributed by atoms with Crippen molar-refractivity contribution in [1.82, 2.24) is 0 Å². The minimum absolute atomic E-state index is 0.202. The third-order valence-electron chi connectivity index (χ3n) is 3.58. The molecule has 0 saturated carbocycles. The molecule has 0 heterocycles. The van der Waals surface area contributed by atoms with Gasteiger partial charge in [0.15, 0.2) is 11.5 Å². The lowest BCUT2D eigenvalue weighted by Gasteiger charge is -2.25. The number of hydrogen-bond acceptors (Lipinski definition) is 5. The van der Waals surface area contributed by atoms with Crippen LogP contribution in [0.4, 0.5) is 0 Å². The quantitative estimate of drug-likeness (QED) is 0.850. The number of carbonyl (C=O) groups excluding carboxylic acids is 2. The molecule has 0 fully saturated rings. The van der Waals surface area contributed by atoms with Crippen LogP contribution in [-0.4, -0.2) is 32.4 Å². The summed E-state index contributed by atoms with van der Waals surface area (Å²) in [5.74, 6) is 0.340. The first-order valence-electron chi connectivity index (χ1n) is 6.56. The van der Waals surface area contributed by atoms with Gasteiger partial charge < -0.3 is 14.2 Å². The molecule has 3 rings (SSSR count). The number of Topliss-reactive ketones (excluding diaryl/α,β-unsaturated/α-hetero) is 2. The second-order valence-corrected chi connectivity index (χ2v) is 4.64. The number of ketones is 2. The molecule has 1 aromatic carbocycles. The van der Waals surface area contributed by atoms with Gasteiger partial charge in [0.1, 0.15) is 5.75 Å². The average Bonchev–Trinajstić information content (AvgIpc) is 2.48. The van der Waals surface area contributed by atoms with Gasteiger partial charge in [0.05, 0.1) is 26.4 Å². The Bertz CT molecular complexity index is 725. The van der Waals surface area contributed by atoms with Gasteiger partial charge in [-0.25, -0.2) is 0 Å². The van der Waals surface area contributed by atoms with Gasteiger partial charge in [-0.1, -0.05) is 0 Å². The van der Waals surface area contributed by atoms with Gasteiger partial charge in [0.25, 0.3) is 0 Å². The maximum atomic E-state index is 12.5. The fourth-order valence-electron chi connectivity index (χ4n) is 2.64. The highest BCUT2D eigenvalue weighted by Gasteiger charge is 2.35. The molecule has 108 valence electrons. The van der Waals surface area contributed by atoms with Crippen molar-refractivity contribution >= 4 is 23.7 Å². The monoisotopic (exact) mass is 286 g/mol. The summed E-state index contributed by atoms with van der Waals surface area (Å²) in [5.41, 5.74) is 2.20. The van der Waals surface area contributed by atoms with Crippen LogP contribution in [0.1, 0.15) is 38.8 Å². The van der Waals surface area contributed by atoms with E-state index in [2.05, 4.69) is 0 Å². The Hall–Kier alpha value is -2.56. The van der Waals surface area contributed by atoms with Gasteiger partial charge >= 0.3 is 0 Å². The molecule has 0 aromatic heterocycles. The van der Waals surface area contributed by atoms with E-state index in [1.165, 1.54) is 14.2 Å². The highest BCUT2D eigenvalue weighted by Crippen LogP contribution is 2.41. The lowest BCUT2D eigenvalue weighted by atomic mass is 9.82. The maximum Gasteiger partial charge on any atom is 0.231 e. The van der Waals surface area contributed by atoms with Gasteiger partial charge in [-0.3, -0.25) is 9.59 Å². The molecule has 0 radical (unpaired) electrons. The van der Waals surface area contributed by atoms with Crippen molar-refractivity contribution in [1.29, 1.82) is 0 Å². The number of hydrogen-bond donors (Lipinski definition) is 0. The second kappa shape index (κ2) is 4.77. The molecule has 5 nitrogen and oxygen atoms in total. The summed E-state index contributed by atoms with van der Waals surface area (Å²) in [6.07, 6.45) is 3.18. The third kappa shape index (κ3) is 1.77. The third-order valence-corrected chi connectivity index (χ3v) is 3.58. The molecule has 0 atom stereocenters. The summed E-state index contributed by atoms with van der Waals surface area (Å²) < 4.78 is 15.7. The Balaban J connectivity index is 2.34. The number of ether oxygens (including phenoxy) is 3. The second-order valence-electron chi connectivity index (χ2n) is 4.64. The zero-order chi connectivity index (χ0) is 15.1. The van der Waals surface area contributed by atoms with Crippen molar-refractivity contribution in [2.75, 3.05) is 20.8 Å². The van der Waals surface area contributed by atoms with E-state index in [0.717, 1.165) is 0 Å². The predicted octanol–water partition coefficient (Wildman–Crippen LogP) is 2.45. The lowest BCUT2D eigenvalue weighted by Crippen LogP contribution is -2.22. The van der Waals surface area contributed by atoms with E-state index in [9.17, 15) is 9.59 Å². The van der Waals surface area contributed by atoms with E-state index in [-0.39, 0.29) is 23.1 Å². The SMILES string of the molecule is CCOc1cc2c3c(c1C(=O)C(OC)=C3)C=C(OC)C2=O. The lowest BCUT2D eigenvalue weighted by molar-refractivity contribution is 0.0935. The molecule has 5 heteroatoms. The van der Waals surface area contributed by atoms with Gasteiger partial charge in [-0.15, -0.1) is 0 Å². The van der Waals surface area contributed by atoms with Crippen molar-refractivity contribution < 1.29 is 23.8 Å². The Morgan fingerprint density at radius 1 is 0.952 bits per heavy atom. The van der Waals surface area contributed by atoms with E-state index >= 15 is 0 Å². The Kier molecular flexibility index (Phi) is 3.05.